The fourth-order valence-electron chi connectivity index (χ4n) is 6.30. The van der Waals surface area contributed by atoms with Gasteiger partial charge in [-0.2, -0.15) is 0 Å². The SMILES string of the molecule is CCS[C@@H]1O[C@@H]2COC(c3ccccc3)O[C@H]2[C@H](O[C@@H]2O[C@@H]3COC(c4ccccc4)O[C@H]3[C@H](O)[C@H]2O)[C@H]1OC(=O)c1ccccc1. The van der Waals surface area contributed by atoms with Crippen LogP contribution in [0.15, 0.2) is 91.0 Å². The predicted molar refractivity (Wildman–Crippen MR) is 168 cm³/mol. The minimum Gasteiger partial charge on any atom is -0.452 e. The summed E-state index contributed by atoms with van der Waals surface area (Å²) in [5, 5.41) is 22.7. The van der Waals surface area contributed by atoms with Crippen LogP contribution >= 0.6 is 11.8 Å². The van der Waals surface area contributed by atoms with Crippen molar-refractivity contribution >= 4 is 17.7 Å². The van der Waals surface area contributed by atoms with E-state index >= 15 is 0 Å². The molecule has 12 atom stereocenters. The number of esters is 1. The van der Waals surface area contributed by atoms with Crippen LogP contribution < -0.4 is 0 Å². The first-order valence-corrected chi connectivity index (χ1v) is 16.9. The smallest absolute Gasteiger partial charge is 0.338 e. The molecular weight excluding hydrogens is 628 g/mol. The van der Waals surface area contributed by atoms with Gasteiger partial charge in [0.25, 0.3) is 0 Å². The molecule has 3 aromatic rings. The van der Waals surface area contributed by atoms with E-state index in [2.05, 4.69) is 0 Å². The normalized spacial score (nSPS) is 36.9. The zero-order chi connectivity index (χ0) is 32.3. The summed E-state index contributed by atoms with van der Waals surface area (Å²) in [6.07, 6.45) is -10.6. The summed E-state index contributed by atoms with van der Waals surface area (Å²) in [7, 11) is 0. The minimum atomic E-state index is -1.50. The van der Waals surface area contributed by atoms with Crippen LogP contribution in [0, 0.1) is 0 Å². The molecule has 0 aliphatic carbocycles. The number of carbonyl (C=O) groups excluding carboxylic acids is 1. The zero-order valence-electron chi connectivity index (χ0n) is 25.7. The first kappa shape index (κ1) is 32.7. The molecule has 2 N–H and O–H groups in total. The van der Waals surface area contributed by atoms with E-state index in [1.165, 1.54) is 11.8 Å². The number of carbonyl (C=O) groups is 1. The van der Waals surface area contributed by atoms with Crippen molar-refractivity contribution in [1.82, 2.24) is 0 Å². The highest BCUT2D eigenvalue weighted by Crippen LogP contribution is 2.41. The Kier molecular flexibility index (Phi) is 10.2. The van der Waals surface area contributed by atoms with Crippen LogP contribution in [0.3, 0.4) is 0 Å². The maximum atomic E-state index is 13.4. The van der Waals surface area contributed by atoms with Gasteiger partial charge in [-0.1, -0.05) is 85.8 Å². The van der Waals surface area contributed by atoms with Gasteiger partial charge in [-0.05, 0) is 17.9 Å². The van der Waals surface area contributed by atoms with Crippen molar-refractivity contribution in [2.45, 2.75) is 80.1 Å². The monoisotopic (exact) mass is 666 g/mol. The van der Waals surface area contributed by atoms with Crippen molar-refractivity contribution in [3.05, 3.63) is 108 Å². The molecule has 0 saturated carbocycles. The summed E-state index contributed by atoms with van der Waals surface area (Å²) in [6.45, 7) is 2.25. The van der Waals surface area contributed by atoms with E-state index in [0.29, 0.717) is 11.3 Å². The molecule has 4 aliphatic heterocycles. The highest BCUT2D eigenvalue weighted by molar-refractivity contribution is 7.99. The van der Waals surface area contributed by atoms with Crippen LogP contribution in [0.5, 0.6) is 0 Å². The fraction of sp³-hybridized carbons (Fsp3) is 0.457. The predicted octanol–water partition coefficient (Wildman–Crippen LogP) is 3.75. The molecule has 4 heterocycles. The summed E-state index contributed by atoms with van der Waals surface area (Å²) < 4.78 is 49.9. The second-order valence-corrected chi connectivity index (χ2v) is 13.1. The molecule has 250 valence electrons. The molecule has 4 aliphatic rings. The Morgan fingerprint density at radius 2 is 1.28 bits per heavy atom. The number of hydrogen-bond donors (Lipinski definition) is 2. The molecule has 7 rings (SSSR count). The third-order valence-corrected chi connectivity index (χ3v) is 9.68. The molecule has 0 amide bonds. The number of ether oxygens (including phenoxy) is 8. The number of thioether (sulfide) groups is 1. The van der Waals surface area contributed by atoms with Crippen molar-refractivity contribution in [3.63, 3.8) is 0 Å². The summed E-state index contributed by atoms with van der Waals surface area (Å²) in [5.41, 5.74) is 1.29. The van der Waals surface area contributed by atoms with Crippen LogP contribution in [0.25, 0.3) is 0 Å². The van der Waals surface area contributed by atoms with E-state index in [4.69, 9.17) is 37.9 Å². The lowest BCUT2D eigenvalue weighted by Gasteiger charge is -2.51. The Morgan fingerprint density at radius 3 is 1.87 bits per heavy atom. The van der Waals surface area contributed by atoms with E-state index in [1.54, 1.807) is 24.3 Å². The molecule has 0 spiro atoms. The van der Waals surface area contributed by atoms with Gasteiger partial charge in [-0.3, -0.25) is 0 Å². The number of aliphatic hydroxyl groups is 2. The Balaban J connectivity index is 1.16. The van der Waals surface area contributed by atoms with Gasteiger partial charge in [-0.25, -0.2) is 4.79 Å². The average Bonchev–Trinajstić information content (AvgIpc) is 3.12. The van der Waals surface area contributed by atoms with E-state index in [0.717, 1.165) is 11.1 Å². The van der Waals surface area contributed by atoms with Crippen molar-refractivity contribution < 1.29 is 52.9 Å². The van der Waals surface area contributed by atoms with Crippen LogP contribution in [0.2, 0.25) is 0 Å². The van der Waals surface area contributed by atoms with Crippen LogP contribution in [0.1, 0.15) is 41.0 Å². The number of hydrogen-bond acceptors (Lipinski definition) is 12. The molecule has 2 unspecified atom stereocenters. The van der Waals surface area contributed by atoms with Crippen LogP contribution in [0.4, 0.5) is 0 Å². The van der Waals surface area contributed by atoms with Gasteiger partial charge in [0.2, 0.25) is 0 Å². The number of rotatable bonds is 8. The van der Waals surface area contributed by atoms with Crippen LogP contribution in [-0.2, 0) is 37.9 Å². The van der Waals surface area contributed by atoms with Gasteiger partial charge in [0.1, 0.15) is 48.2 Å². The Labute approximate surface area is 277 Å². The number of fused-ring (bicyclic) bond motifs is 2. The number of aliphatic hydroxyl groups excluding tert-OH is 2. The lowest BCUT2D eigenvalue weighted by Crippen LogP contribution is -2.67. The van der Waals surface area contributed by atoms with Gasteiger partial charge >= 0.3 is 5.97 Å². The highest BCUT2D eigenvalue weighted by Gasteiger charge is 2.56. The second kappa shape index (κ2) is 14.7. The van der Waals surface area contributed by atoms with Crippen molar-refractivity contribution in [3.8, 4) is 0 Å². The average molecular weight is 667 g/mol. The van der Waals surface area contributed by atoms with Gasteiger partial charge in [0.15, 0.2) is 25.0 Å². The maximum absolute atomic E-state index is 13.4. The third kappa shape index (κ3) is 6.99. The molecule has 4 fully saturated rings. The maximum Gasteiger partial charge on any atom is 0.338 e. The zero-order valence-corrected chi connectivity index (χ0v) is 26.5. The van der Waals surface area contributed by atoms with Gasteiger partial charge in [0, 0.05) is 11.1 Å². The number of benzene rings is 3. The van der Waals surface area contributed by atoms with E-state index in [9.17, 15) is 15.0 Å². The second-order valence-electron chi connectivity index (χ2n) is 11.7. The molecule has 3 aromatic carbocycles. The Hall–Kier alpha value is -2.88. The molecule has 12 heteroatoms. The van der Waals surface area contributed by atoms with Crippen molar-refractivity contribution in [1.29, 1.82) is 0 Å². The quantitative estimate of drug-likeness (QED) is 0.340. The Morgan fingerprint density at radius 1 is 0.723 bits per heavy atom. The molecule has 0 bridgehead atoms. The Bertz CT molecular complexity index is 1450. The molecular formula is C35H38O11S. The summed E-state index contributed by atoms with van der Waals surface area (Å²) in [5.74, 6) is 0.0935. The topological polar surface area (TPSA) is 131 Å². The molecule has 4 saturated heterocycles. The van der Waals surface area contributed by atoms with E-state index < -0.39 is 79.1 Å². The minimum absolute atomic E-state index is 0.0921. The van der Waals surface area contributed by atoms with Gasteiger partial charge < -0.3 is 48.1 Å². The van der Waals surface area contributed by atoms with Crippen molar-refractivity contribution in [2.24, 2.45) is 0 Å². The van der Waals surface area contributed by atoms with E-state index in [1.807, 2.05) is 73.7 Å². The lowest BCUT2D eigenvalue weighted by atomic mass is 9.96. The lowest BCUT2D eigenvalue weighted by molar-refractivity contribution is -0.388. The largest absolute Gasteiger partial charge is 0.452 e. The molecule has 0 aromatic heterocycles. The standard InChI is InChI=1S/C35H38O11S/c1-2-47-35-30(43-31(38)20-12-6-3-7-13-20)29(28-24(42-35)19-40-33(45-28)22-16-10-5-11-17-22)46-34-26(37)25(36)27-23(41-34)18-39-32(44-27)21-14-8-4-9-15-21/h3-17,23-30,32-37H,2,18-19H2,1H3/t23-,24-,25-,26-,27-,28-,29+,30-,32?,33?,34+,35+/m1/s1. The van der Waals surface area contributed by atoms with E-state index in [-0.39, 0.29) is 13.2 Å². The van der Waals surface area contributed by atoms with Crippen LogP contribution in [-0.4, -0.2) is 95.7 Å². The third-order valence-electron chi connectivity index (χ3n) is 8.64. The summed E-state index contributed by atoms with van der Waals surface area (Å²) in [6, 6.07) is 27.5. The fourth-order valence-corrected chi connectivity index (χ4v) is 7.24. The summed E-state index contributed by atoms with van der Waals surface area (Å²) in [4.78, 5) is 13.4. The van der Waals surface area contributed by atoms with Gasteiger partial charge in [-0.15, -0.1) is 11.8 Å². The first-order valence-electron chi connectivity index (χ1n) is 15.8. The molecule has 0 radical (unpaired) electrons. The highest BCUT2D eigenvalue weighted by atomic mass is 32.2. The molecule has 47 heavy (non-hydrogen) atoms. The molecule has 11 nitrogen and oxygen atoms in total. The first-order chi connectivity index (χ1) is 23.0. The summed E-state index contributed by atoms with van der Waals surface area (Å²) >= 11 is 1.45. The van der Waals surface area contributed by atoms with Gasteiger partial charge in [0.05, 0.1) is 18.8 Å². The van der Waals surface area contributed by atoms with Crippen molar-refractivity contribution in [2.75, 3.05) is 19.0 Å².